The summed E-state index contributed by atoms with van der Waals surface area (Å²) >= 11 is 0. The highest BCUT2D eigenvalue weighted by Crippen LogP contribution is 2.44. The Balaban J connectivity index is 1.53. The molecule has 2 aliphatic rings. The quantitative estimate of drug-likeness (QED) is 0.902. The van der Waals surface area contributed by atoms with Crippen molar-refractivity contribution in [1.29, 1.82) is 0 Å². The van der Waals surface area contributed by atoms with E-state index in [0.717, 1.165) is 23.1 Å². The Morgan fingerprint density at radius 2 is 2.05 bits per heavy atom. The Labute approximate surface area is 114 Å². The predicted octanol–water partition coefficient (Wildman–Crippen LogP) is 2.54. The average molecular weight is 259 g/mol. The fourth-order valence-corrected chi connectivity index (χ4v) is 3.61. The number of hydrogen-bond donors (Lipinski definition) is 1. The third-order valence-electron chi connectivity index (χ3n) is 4.61. The molecule has 2 saturated carbocycles. The molecule has 0 unspecified atom stereocenters. The van der Waals surface area contributed by atoms with Gasteiger partial charge in [0.1, 0.15) is 5.75 Å². The topological polar surface area (TPSA) is 38.3 Å². The van der Waals surface area contributed by atoms with Gasteiger partial charge in [-0.2, -0.15) is 0 Å². The minimum absolute atomic E-state index is 0.155. The van der Waals surface area contributed by atoms with Gasteiger partial charge in [-0.1, -0.05) is 18.6 Å². The molecule has 2 fully saturated rings. The normalized spacial score (nSPS) is 28.4. The Bertz CT molecular complexity index is 454. The second kappa shape index (κ2) is 5.24. The standard InChI is InChI=1S/C16H21NO2/c1-19-14-6-3-11(4-7-14)10-16(18)17-15-9-12-2-5-13(15)8-12/h3-4,6-7,12-13,15H,2,5,8-10H2,1H3,(H,17,18)/t12-,13+,15-/m0/s1. The van der Waals surface area contributed by atoms with Gasteiger partial charge in [0.2, 0.25) is 5.91 Å². The zero-order chi connectivity index (χ0) is 13.2. The minimum atomic E-state index is 0.155. The van der Waals surface area contributed by atoms with Crippen LogP contribution in [0, 0.1) is 11.8 Å². The van der Waals surface area contributed by atoms with Gasteiger partial charge in [0.15, 0.2) is 0 Å². The van der Waals surface area contributed by atoms with Crippen LogP contribution in [-0.2, 0) is 11.2 Å². The van der Waals surface area contributed by atoms with E-state index >= 15 is 0 Å². The lowest BCUT2D eigenvalue weighted by molar-refractivity contribution is -0.121. The van der Waals surface area contributed by atoms with Gasteiger partial charge in [0.25, 0.3) is 0 Å². The number of carbonyl (C=O) groups excluding carboxylic acids is 1. The molecule has 19 heavy (non-hydrogen) atoms. The van der Waals surface area contributed by atoms with Crippen molar-refractivity contribution in [3.63, 3.8) is 0 Å². The van der Waals surface area contributed by atoms with Gasteiger partial charge in [-0.25, -0.2) is 0 Å². The number of nitrogens with one attached hydrogen (secondary N) is 1. The Morgan fingerprint density at radius 3 is 2.63 bits per heavy atom. The molecule has 3 atom stereocenters. The molecule has 3 heteroatoms. The van der Waals surface area contributed by atoms with Crippen LogP contribution < -0.4 is 10.1 Å². The van der Waals surface area contributed by atoms with Crippen molar-refractivity contribution < 1.29 is 9.53 Å². The first-order valence-corrected chi connectivity index (χ1v) is 7.17. The van der Waals surface area contributed by atoms with Crippen LogP contribution in [0.5, 0.6) is 5.75 Å². The molecule has 102 valence electrons. The summed E-state index contributed by atoms with van der Waals surface area (Å²) in [5, 5.41) is 3.22. The van der Waals surface area contributed by atoms with Crippen molar-refractivity contribution in [3.05, 3.63) is 29.8 Å². The van der Waals surface area contributed by atoms with Gasteiger partial charge in [0.05, 0.1) is 13.5 Å². The van der Waals surface area contributed by atoms with Crippen LogP contribution >= 0.6 is 0 Å². The summed E-state index contributed by atoms with van der Waals surface area (Å²) in [6, 6.07) is 8.16. The molecular formula is C16H21NO2. The molecule has 1 aromatic carbocycles. The molecular weight excluding hydrogens is 238 g/mol. The summed E-state index contributed by atoms with van der Waals surface area (Å²) in [7, 11) is 1.65. The van der Waals surface area contributed by atoms with E-state index in [0.29, 0.717) is 12.5 Å². The molecule has 1 aromatic rings. The maximum Gasteiger partial charge on any atom is 0.224 e. The highest BCUT2D eigenvalue weighted by atomic mass is 16.5. The Kier molecular flexibility index (Phi) is 3.45. The molecule has 3 rings (SSSR count). The molecule has 1 N–H and O–H groups in total. The van der Waals surface area contributed by atoms with E-state index in [9.17, 15) is 4.79 Å². The van der Waals surface area contributed by atoms with Crippen LogP contribution in [0.15, 0.2) is 24.3 Å². The van der Waals surface area contributed by atoms with Crippen molar-refractivity contribution in [2.24, 2.45) is 11.8 Å². The summed E-state index contributed by atoms with van der Waals surface area (Å²) in [6.07, 6.45) is 5.66. The number of carbonyl (C=O) groups is 1. The number of hydrogen-bond acceptors (Lipinski definition) is 2. The first-order valence-electron chi connectivity index (χ1n) is 7.17. The first kappa shape index (κ1) is 12.5. The average Bonchev–Trinajstić information content (AvgIpc) is 3.02. The van der Waals surface area contributed by atoms with Gasteiger partial charge >= 0.3 is 0 Å². The fraction of sp³-hybridized carbons (Fsp3) is 0.562. The van der Waals surface area contributed by atoms with E-state index in [1.165, 1.54) is 25.7 Å². The van der Waals surface area contributed by atoms with E-state index in [1.54, 1.807) is 7.11 Å². The van der Waals surface area contributed by atoms with Gasteiger partial charge in [-0.15, -0.1) is 0 Å². The van der Waals surface area contributed by atoms with Gasteiger partial charge in [-0.05, 0) is 48.8 Å². The van der Waals surface area contributed by atoms with E-state index in [2.05, 4.69) is 5.32 Å². The molecule has 1 amide bonds. The Morgan fingerprint density at radius 1 is 1.26 bits per heavy atom. The summed E-state index contributed by atoms with van der Waals surface area (Å²) in [5.41, 5.74) is 1.04. The number of rotatable bonds is 4. The van der Waals surface area contributed by atoms with Crippen LogP contribution in [-0.4, -0.2) is 19.1 Å². The highest BCUT2D eigenvalue weighted by Gasteiger charge is 2.39. The fourth-order valence-electron chi connectivity index (χ4n) is 3.61. The van der Waals surface area contributed by atoms with E-state index in [4.69, 9.17) is 4.74 Å². The van der Waals surface area contributed by atoms with Crippen molar-refractivity contribution in [2.45, 2.75) is 38.1 Å². The van der Waals surface area contributed by atoms with Gasteiger partial charge in [-0.3, -0.25) is 4.79 Å². The van der Waals surface area contributed by atoms with Gasteiger partial charge < -0.3 is 10.1 Å². The molecule has 2 bridgehead atoms. The lowest BCUT2D eigenvalue weighted by Gasteiger charge is -2.22. The zero-order valence-corrected chi connectivity index (χ0v) is 11.4. The third kappa shape index (κ3) is 2.75. The number of fused-ring (bicyclic) bond motifs is 2. The van der Waals surface area contributed by atoms with Crippen molar-refractivity contribution in [2.75, 3.05) is 7.11 Å². The first-order chi connectivity index (χ1) is 9.24. The molecule has 2 aliphatic carbocycles. The highest BCUT2D eigenvalue weighted by molar-refractivity contribution is 5.79. The second-order valence-corrected chi connectivity index (χ2v) is 5.87. The largest absolute Gasteiger partial charge is 0.497 e. The molecule has 0 aromatic heterocycles. The monoisotopic (exact) mass is 259 g/mol. The van der Waals surface area contributed by atoms with Crippen LogP contribution in [0.1, 0.15) is 31.2 Å². The maximum atomic E-state index is 12.1. The second-order valence-electron chi connectivity index (χ2n) is 5.87. The minimum Gasteiger partial charge on any atom is -0.497 e. The maximum absolute atomic E-state index is 12.1. The number of ether oxygens (including phenoxy) is 1. The zero-order valence-electron chi connectivity index (χ0n) is 11.4. The van der Waals surface area contributed by atoms with Crippen molar-refractivity contribution in [1.82, 2.24) is 5.32 Å². The van der Waals surface area contributed by atoms with E-state index in [1.807, 2.05) is 24.3 Å². The lowest BCUT2D eigenvalue weighted by Crippen LogP contribution is -2.39. The van der Waals surface area contributed by atoms with Crippen LogP contribution in [0.25, 0.3) is 0 Å². The summed E-state index contributed by atoms with van der Waals surface area (Å²) in [4.78, 5) is 12.1. The lowest BCUT2D eigenvalue weighted by atomic mass is 9.95. The van der Waals surface area contributed by atoms with Crippen LogP contribution in [0.4, 0.5) is 0 Å². The number of benzene rings is 1. The smallest absolute Gasteiger partial charge is 0.224 e. The summed E-state index contributed by atoms with van der Waals surface area (Å²) in [6.45, 7) is 0. The van der Waals surface area contributed by atoms with Crippen molar-refractivity contribution >= 4 is 5.91 Å². The number of amides is 1. The molecule has 0 aliphatic heterocycles. The summed E-state index contributed by atoms with van der Waals surface area (Å²) in [5.74, 6) is 2.60. The molecule has 0 saturated heterocycles. The molecule has 0 radical (unpaired) electrons. The Hall–Kier alpha value is -1.51. The predicted molar refractivity (Wildman–Crippen MR) is 74.1 cm³/mol. The van der Waals surface area contributed by atoms with E-state index < -0.39 is 0 Å². The molecule has 0 heterocycles. The molecule has 0 spiro atoms. The summed E-state index contributed by atoms with van der Waals surface area (Å²) < 4.78 is 5.11. The molecule has 3 nitrogen and oxygen atoms in total. The van der Waals surface area contributed by atoms with E-state index in [-0.39, 0.29) is 5.91 Å². The van der Waals surface area contributed by atoms with Crippen LogP contribution in [0.2, 0.25) is 0 Å². The SMILES string of the molecule is COc1ccc(CC(=O)N[C@H]2C[C@H]3CC[C@@H]2C3)cc1. The van der Waals surface area contributed by atoms with Crippen LogP contribution in [0.3, 0.4) is 0 Å². The number of methoxy groups -OCH3 is 1. The third-order valence-corrected chi connectivity index (χ3v) is 4.61. The van der Waals surface area contributed by atoms with Gasteiger partial charge in [0, 0.05) is 6.04 Å². The van der Waals surface area contributed by atoms with Crippen molar-refractivity contribution in [3.8, 4) is 5.75 Å².